The Morgan fingerprint density at radius 2 is 1.80 bits per heavy atom. The smallest absolute Gasteiger partial charge is 0.211 e. The molecular weight excluding hydrogens is 432 g/mol. The minimum Gasteiger partial charge on any atom is -0.386 e. The van der Waals surface area contributed by atoms with Crippen molar-refractivity contribution in [1.82, 2.24) is 15.6 Å². The molecule has 0 saturated heterocycles. The van der Waals surface area contributed by atoms with E-state index in [0.717, 1.165) is 60.4 Å². The van der Waals surface area contributed by atoms with E-state index in [1.54, 1.807) is 0 Å². The number of benzene rings is 2. The van der Waals surface area contributed by atoms with E-state index in [4.69, 9.17) is 5.10 Å². The number of allylic oxidation sites excluding steroid dienone is 4. The zero-order valence-electron chi connectivity index (χ0n) is 21.1. The molecule has 1 aliphatic carbocycles. The van der Waals surface area contributed by atoms with Crippen molar-refractivity contribution in [1.29, 1.82) is 0 Å². The molecule has 2 aromatic carbocycles. The zero-order valence-corrected chi connectivity index (χ0v) is 21.1. The van der Waals surface area contributed by atoms with E-state index in [1.807, 2.05) is 11.1 Å². The van der Waals surface area contributed by atoms with E-state index >= 15 is 0 Å². The molecule has 35 heavy (non-hydrogen) atoms. The molecule has 2 aliphatic rings. The van der Waals surface area contributed by atoms with E-state index < -0.39 is 0 Å². The quantitative estimate of drug-likeness (QED) is 0.403. The van der Waals surface area contributed by atoms with Gasteiger partial charge in [0.2, 0.25) is 6.41 Å². The molecule has 182 valence electrons. The summed E-state index contributed by atoms with van der Waals surface area (Å²) < 4.78 is 0. The lowest BCUT2D eigenvalue weighted by molar-refractivity contribution is -0.108. The average Bonchev–Trinajstić information content (AvgIpc) is 3.70. The second-order valence-corrected chi connectivity index (χ2v) is 9.03. The average molecular weight is 469 g/mol. The first-order valence-electron chi connectivity index (χ1n) is 12.8. The highest BCUT2D eigenvalue weighted by Crippen LogP contribution is 2.26. The summed E-state index contributed by atoms with van der Waals surface area (Å²) in [5.74, 6) is 0. The van der Waals surface area contributed by atoms with Crippen molar-refractivity contribution in [3.63, 3.8) is 0 Å². The number of hydrogen-bond acceptors (Lipinski definition) is 4. The zero-order chi connectivity index (χ0) is 24.6. The van der Waals surface area contributed by atoms with Crippen molar-refractivity contribution in [2.75, 3.05) is 6.54 Å². The van der Waals surface area contributed by atoms with Gasteiger partial charge in [0.25, 0.3) is 0 Å². The van der Waals surface area contributed by atoms with Crippen LogP contribution >= 0.6 is 0 Å². The molecule has 2 aromatic rings. The summed E-state index contributed by atoms with van der Waals surface area (Å²) in [6.45, 7) is 7.05. The Morgan fingerprint density at radius 1 is 1.03 bits per heavy atom. The van der Waals surface area contributed by atoms with Crippen molar-refractivity contribution in [3.8, 4) is 11.1 Å². The van der Waals surface area contributed by atoms with Gasteiger partial charge in [0.15, 0.2) is 0 Å². The SMILES string of the molecule is CC/C=C(\Cc1ccc(-c2cccc(C3=NN(CC)/C(=C/CC)C(NC=O)=C3)c2)cc1)NC1CC1. The number of likely N-dealkylation sites (N-methyl/N-ethyl adjacent to an activating group) is 1. The van der Waals surface area contributed by atoms with E-state index in [-0.39, 0.29) is 0 Å². The lowest BCUT2D eigenvalue weighted by Gasteiger charge is -2.27. The summed E-state index contributed by atoms with van der Waals surface area (Å²) in [4.78, 5) is 11.2. The van der Waals surface area contributed by atoms with E-state index in [9.17, 15) is 4.79 Å². The molecule has 0 unspecified atom stereocenters. The molecule has 1 fully saturated rings. The van der Waals surface area contributed by atoms with Gasteiger partial charge >= 0.3 is 0 Å². The molecule has 0 radical (unpaired) electrons. The predicted molar refractivity (Wildman–Crippen MR) is 145 cm³/mol. The molecule has 2 N–H and O–H groups in total. The lowest BCUT2D eigenvalue weighted by Crippen LogP contribution is -2.29. The van der Waals surface area contributed by atoms with Crippen LogP contribution in [0.5, 0.6) is 0 Å². The highest BCUT2D eigenvalue weighted by atomic mass is 16.1. The summed E-state index contributed by atoms with van der Waals surface area (Å²) >= 11 is 0. The van der Waals surface area contributed by atoms with Crippen molar-refractivity contribution in [2.45, 2.75) is 58.9 Å². The Kier molecular flexibility index (Phi) is 8.19. The third kappa shape index (κ3) is 6.30. The van der Waals surface area contributed by atoms with Crippen LogP contribution in [0.25, 0.3) is 11.1 Å². The number of nitrogens with one attached hydrogen (secondary N) is 2. The number of carbonyl (C=O) groups is 1. The van der Waals surface area contributed by atoms with Gasteiger partial charge in [0.1, 0.15) is 0 Å². The molecule has 1 amide bonds. The summed E-state index contributed by atoms with van der Waals surface area (Å²) in [5, 5.41) is 13.3. The topological polar surface area (TPSA) is 56.7 Å². The van der Waals surface area contributed by atoms with Crippen LogP contribution in [0.1, 0.15) is 57.6 Å². The fraction of sp³-hybridized carbons (Fsp3) is 0.333. The number of rotatable bonds is 11. The van der Waals surface area contributed by atoms with Gasteiger partial charge in [-0.15, -0.1) is 0 Å². The van der Waals surface area contributed by atoms with Crippen LogP contribution in [0.4, 0.5) is 0 Å². The fourth-order valence-electron chi connectivity index (χ4n) is 4.34. The van der Waals surface area contributed by atoms with Crippen LogP contribution in [-0.2, 0) is 11.2 Å². The Bertz CT molecular complexity index is 1150. The third-order valence-electron chi connectivity index (χ3n) is 6.23. The standard InChI is InChI=1S/C30H36N4O/c1-4-8-27(32-26-16-17-26)18-22-12-14-23(15-13-22)24-10-7-11-25(19-24)28-20-29(31-21-35)30(9-5-2)34(6-3)33-28/h7-15,19-21,26,32H,4-6,16-18H2,1-3H3,(H,31,35)/b27-8+,30-9+. The van der Waals surface area contributed by atoms with Gasteiger partial charge < -0.3 is 10.6 Å². The second-order valence-electron chi connectivity index (χ2n) is 9.03. The maximum atomic E-state index is 11.2. The van der Waals surface area contributed by atoms with Crippen LogP contribution in [0.2, 0.25) is 0 Å². The molecule has 5 heteroatoms. The number of hydrogen-bond donors (Lipinski definition) is 2. The van der Waals surface area contributed by atoms with Gasteiger partial charge in [-0.25, -0.2) is 0 Å². The molecule has 1 saturated carbocycles. The third-order valence-corrected chi connectivity index (χ3v) is 6.23. The van der Waals surface area contributed by atoms with Gasteiger partial charge in [0, 0.05) is 30.3 Å². The van der Waals surface area contributed by atoms with Crippen molar-refractivity contribution < 1.29 is 4.79 Å². The molecule has 0 spiro atoms. The van der Waals surface area contributed by atoms with Crippen LogP contribution in [-0.4, -0.2) is 29.7 Å². The molecule has 0 bridgehead atoms. The monoisotopic (exact) mass is 468 g/mol. The fourth-order valence-corrected chi connectivity index (χ4v) is 4.34. The Balaban J connectivity index is 1.56. The van der Waals surface area contributed by atoms with Gasteiger partial charge in [-0.2, -0.15) is 5.10 Å². The van der Waals surface area contributed by atoms with E-state index in [2.05, 4.69) is 92.1 Å². The lowest BCUT2D eigenvalue weighted by atomic mass is 9.98. The largest absolute Gasteiger partial charge is 0.386 e. The highest BCUT2D eigenvalue weighted by Gasteiger charge is 2.22. The van der Waals surface area contributed by atoms with Gasteiger partial charge in [-0.05, 0) is 61.4 Å². The van der Waals surface area contributed by atoms with Crippen LogP contribution in [0.15, 0.2) is 89.0 Å². The molecule has 0 aromatic heterocycles. The number of carbonyl (C=O) groups excluding carboxylic acids is 1. The van der Waals surface area contributed by atoms with Gasteiger partial charge in [-0.1, -0.05) is 68.5 Å². The van der Waals surface area contributed by atoms with Crippen molar-refractivity contribution in [2.24, 2.45) is 5.10 Å². The predicted octanol–water partition coefficient (Wildman–Crippen LogP) is 5.91. The van der Waals surface area contributed by atoms with Crippen molar-refractivity contribution >= 4 is 12.1 Å². The first-order chi connectivity index (χ1) is 17.1. The summed E-state index contributed by atoms with van der Waals surface area (Å²) in [6, 6.07) is 18.0. The number of nitrogens with zero attached hydrogens (tertiary/aromatic N) is 2. The van der Waals surface area contributed by atoms with Gasteiger partial charge in [-0.3, -0.25) is 9.80 Å². The molecule has 1 aliphatic heterocycles. The van der Waals surface area contributed by atoms with Crippen molar-refractivity contribution in [3.05, 3.63) is 95.0 Å². The first-order valence-corrected chi connectivity index (χ1v) is 12.8. The molecular formula is C30H36N4O. The van der Waals surface area contributed by atoms with Crippen LogP contribution < -0.4 is 10.6 Å². The maximum absolute atomic E-state index is 11.2. The summed E-state index contributed by atoms with van der Waals surface area (Å²) in [6.07, 6.45) is 12.5. The van der Waals surface area contributed by atoms with Crippen LogP contribution in [0, 0.1) is 0 Å². The first kappa shape index (κ1) is 24.5. The highest BCUT2D eigenvalue weighted by molar-refractivity contribution is 6.10. The minimum atomic E-state index is 0.672. The molecule has 5 nitrogen and oxygen atoms in total. The second kappa shape index (κ2) is 11.7. The van der Waals surface area contributed by atoms with E-state index in [0.29, 0.717) is 6.04 Å². The number of hydrazone groups is 1. The summed E-state index contributed by atoms with van der Waals surface area (Å²) in [7, 11) is 0. The summed E-state index contributed by atoms with van der Waals surface area (Å²) in [5.41, 5.74) is 8.55. The van der Waals surface area contributed by atoms with E-state index in [1.165, 1.54) is 29.7 Å². The molecule has 0 atom stereocenters. The van der Waals surface area contributed by atoms with Gasteiger partial charge in [0.05, 0.1) is 17.1 Å². The Labute approximate surface area is 209 Å². The maximum Gasteiger partial charge on any atom is 0.211 e. The normalized spacial score (nSPS) is 17.2. The number of amides is 1. The Hall–Kier alpha value is -3.60. The molecule has 4 rings (SSSR count). The van der Waals surface area contributed by atoms with Crippen LogP contribution in [0.3, 0.4) is 0 Å². The molecule has 1 heterocycles. The minimum absolute atomic E-state index is 0.672. The Morgan fingerprint density at radius 3 is 2.46 bits per heavy atom.